The fourth-order valence-corrected chi connectivity index (χ4v) is 2.14. The lowest BCUT2D eigenvalue weighted by Crippen LogP contribution is -2.16. The fraction of sp³-hybridized carbons (Fsp3) is 0.143. The van der Waals surface area contributed by atoms with Crippen LogP contribution in [-0.4, -0.2) is 10.9 Å². The van der Waals surface area contributed by atoms with Crippen molar-refractivity contribution in [3.05, 3.63) is 57.6 Å². The quantitative estimate of drug-likeness (QED) is 0.912. The van der Waals surface area contributed by atoms with Crippen molar-refractivity contribution in [2.45, 2.75) is 13.8 Å². The van der Waals surface area contributed by atoms with Gasteiger partial charge in [-0.1, -0.05) is 6.07 Å². The van der Waals surface area contributed by atoms with Crippen molar-refractivity contribution in [1.29, 1.82) is 0 Å². The average Bonchev–Trinajstić information content (AvgIpc) is 2.36. The number of carbonyl (C=O) groups is 1. The van der Waals surface area contributed by atoms with Gasteiger partial charge in [-0.25, -0.2) is 4.39 Å². The minimum atomic E-state index is -0.418. The van der Waals surface area contributed by atoms with E-state index in [1.807, 2.05) is 0 Å². The van der Waals surface area contributed by atoms with Crippen LogP contribution in [0.25, 0.3) is 0 Å². The Morgan fingerprint density at radius 3 is 2.74 bits per heavy atom. The number of halogens is 2. The van der Waals surface area contributed by atoms with Gasteiger partial charge in [0.05, 0.1) is 4.47 Å². The number of nitrogens with zero attached hydrogens (tertiary/aromatic N) is 1. The maximum atomic E-state index is 13.5. The third kappa shape index (κ3) is 2.98. The Morgan fingerprint density at radius 1 is 1.32 bits per heavy atom. The third-order valence-corrected chi connectivity index (χ3v) is 3.35. The molecule has 2 aromatic rings. The van der Waals surface area contributed by atoms with Gasteiger partial charge >= 0.3 is 0 Å². The lowest BCUT2D eigenvalue weighted by Gasteiger charge is -2.10. The van der Waals surface area contributed by atoms with Crippen molar-refractivity contribution >= 4 is 27.5 Å². The second kappa shape index (κ2) is 5.48. The number of aromatic nitrogens is 1. The number of amides is 1. The topological polar surface area (TPSA) is 42.0 Å². The monoisotopic (exact) mass is 322 g/mol. The van der Waals surface area contributed by atoms with E-state index in [9.17, 15) is 9.18 Å². The van der Waals surface area contributed by atoms with Crippen molar-refractivity contribution < 1.29 is 9.18 Å². The van der Waals surface area contributed by atoms with Crippen molar-refractivity contribution in [3.63, 3.8) is 0 Å². The van der Waals surface area contributed by atoms with Crippen LogP contribution in [-0.2, 0) is 0 Å². The molecule has 0 spiro atoms. The highest BCUT2D eigenvalue weighted by molar-refractivity contribution is 9.10. The van der Waals surface area contributed by atoms with Crippen LogP contribution in [0.2, 0.25) is 0 Å². The van der Waals surface area contributed by atoms with Crippen LogP contribution >= 0.6 is 15.9 Å². The van der Waals surface area contributed by atoms with E-state index in [4.69, 9.17) is 0 Å². The van der Waals surface area contributed by atoms with E-state index >= 15 is 0 Å². The molecule has 0 radical (unpaired) electrons. The molecule has 0 aliphatic carbocycles. The SMILES string of the molecule is Cc1cc(Br)c(F)cc1NC(=O)c1ncccc1C. The van der Waals surface area contributed by atoms with Crippen molar-refractivity contribution in [1.82, 2.24) is 4.98 Å². The van der Waals surface area contributed by atoms with Gasteiger partial charge in [0.15, 0.2) is 0 Å². The molecule has 0 aliphatic heterocycles. The molecule has 0 unspecified atom stereocenters. The maximum Gasteiger partial charge on any atom is 0.274 e. The molecule has 1 aromatic heterocycles. The first-order valence-electron chi connectivity index (χ1n) is 5.67. The van der Waals surface area contributed by atoms with Gasteiger partial charge in [0, 0.05) is 11.9 Å². The first kappa shape index (κ1) is 13.7. The highest BCUT2D eigenvalue weighted by Crippen LogP contribution is 2.24. The summed E-state index contributed by atoms with van der Waals surface area (Å²) in [6.07, 6.45) is 1.55. The summed E-state index contributed by atoms with van der Waals surface area (Å²) < 4.78 is 13.8. The molecule has 1 aromatic carbocycles. The summed E-state index contributed by atoms with van der Waals surface area (Å²) in [5.41, 5.74) is 2.33. The Labute approximate surface area is 119 Å². The Hall–Kier alpha value is -1.75. The number of anilines is 1. The number of benzene rings is 1. The molecule has 1 amide bonds. The van der Waals surface area contributed by atoms with Gasteiger partial charge in [-0.3, -0.25) is 9.78 Å². The summed E-state index contributed by atoms with van der Waals surface area (Å²) in [6.45, 7) is 3.60. The van der Waals surface area contributed by atoms with Gasteiger partial charge in [-0.15, -0.1) is 0 Å². The molecule has 0 bridgehead atoms. The van der Waals surface area contributed by atoms with Gasteiger partial charge in [-0.05, 0) is 59.1 Å². The number of hydrogen-bond acceptors (Lipinski definition) is 2. The van der Waals surface area contributed by atoms with Gasteiger partial charge in [0.1, 0.15) is 11.5 Å². The lowest BCUT2D eigenvalue weighted by atomic mass is 10.1. The fourth-order valence-electron chi connectivity index (χ4n) is 1.69. The highest BCUT2D eigenvalue weighted by Gasteiger charge is 2.13. The molecule has 0 saturated heterocycles. The summed E-state index contributed by atoms with van der Waals surface area (Å²) in [4.78, 5) is 16.1. The summed E-state index contributed by atoms with van der Waals surface area (Å²) in [6, 6.07) is 6.47. The molecule has 2 rings (SSSR count). The molecule has 0 aliphatic rings. The summed E-state index contributed by atoms with van der Waals surface area (Å²) in [5, 5.41) is 2.67. The van der Waals surface area contributed by atoms with E-state index in [1.165, 1.54) is 6.07 Å². The molecule has 5 heteroatoms. The molecule has 0 saturated carbocycles. The van der Waals surface area contributed by atoms with Crippen LogP contribution in [0.15, 0.2) is 34.9 Å². The van der Waals surface area contributed by atoms with E-state index < -0.39 is 5.82 Å². The number of carbonyl (C=O) groups excluding carboxylic acids is 1. The van der Waals surface area contributed by atoms with Gasteiger partial charge in [-0.2, -0.15) is 0 Å². The molecule has 3 nitrogen and oxygen atoms in total. The smallest absolute Gasteiger partial charge is 0.274 e. The van der Waals surface area contributed by atoms with Crippen LogP contribution in [0.4, 0.5) is 10.1 Å². The van der Waals surface area contributed by atoms with Gasteiger partial charge < -0.3 is 5.32 Å². The Kier molecular flexibility index (Phi) is 3.95. The molecular weight excluding hydrogens is 311 g/mol. The number of nitrogens with one attached hydrogen (secondary N) is 1. The molecule has 1 heterocycles. The lowest BCUT2D eigenvalue weighted by molar-refractivity contribution is 0.102. The average molecular weight is 323 g/mol. The molecule has 98 valence electrons. The maximum absolute atomic E-state index is 13.5. The standard InChI is InChI=1S/C14H12BrFN2O/c1-8-4-3-5-17-13(8)14(19)18-12-7-11(16)10(15)6-9(12)2/h3-7H,1-2H3,(H,18,19). The van der Waals surface area contributed by atoms with E-state index in [1.54, 1.807) is 38.2 Å². The number of rotatable bonds is 2. The number of pyridine rings is 1. The largest absolute Gasteiger partial charge is 0.320 e. The molecule has 0 atom stereocenters. The Morgan fingerprint density at radius 2 is 2.05 bits per heavy atom. The summed E-state index contributed by atoms with van der Waals surface area (Å²) in [5.74, 6) is -0.762. The zero-order valence-electron chi connectivity index (χ0n) is 10.5. The van der Waals surface area contributed by atoms with Gasteiger partial charge in [0.25, 0.3) is 5.91 Å². The summed E-state index contributed by atoms with van der Waals surface area (Å²) >= 11 is 3.10. The van der Waals surface area contributed by atoms with E-state index in [2.05, 4.69) is 26.2 Å². The Bertz CT molecular complexity index is 643. The molecular formula is C14H12BrFN2O. The second-order valence-electron chi connectivity index (χ2n) is 4.20. The van der Waals surface area contributed by atoms with Crippen molar-refractivity contribution in [3.8, 4) is 0 Å². The molecule has 19 heavy (non-hydrogen) atoms. The first-order chi connectivity index (χ1) is 8.99. The minimum absolute atomic E-state index is 0.338. The van der Waals surface area contributed by atoms with Crippen molar-refractivity contribution in [2.24, 2.45) is 0 Å². The highest BCUT2D eigenvalue weighted by atomic mass is 79.9. The number of hydrogen-bond donors (Lipinski definition) is 1. The second-order valence-corrected chi connectivity index (χ2v) is 5.06. The van der Waals surface area contributed by atoms with Crippen LogP contribution in [0.3, 0.4) is 0 Å². The van der Waals surface area contributed by atoms with Gasteiger partial charge in [0.2, 0.25) is 0 Å². The van der Waals surface area contributed by atoms with Crippen LogP contribution in [0.5, 0.6) is 0 Å². The van der Waals surface area contributed by atoms with E-state index in [-0.39, 0.29) is 5.91 Å². The number of aryl methyl sites for hydroxylation is 2. The van der Waals surface area contributed by atoms with Crippen LogP contribution in [0, 0.1) is 19.7 Å². The van der Waals surface area contributed by atoms with Crippen molar-refractivity contribution in [2.75, 3.05) is 5.32 Å². The first-order valence-corrected chi connectivity index (χ1v) is 6.47. The minimum Gasteiger partial charge on any atom is -0.320 e. The van der Waals surface area contributed by atoms with Crippen LogP contribution < -0.4 is 5.32 Å². The molecule has 1 N–H and O–H groups in total. The Balaban J connectivity index is 2.30. The third-order valence-electron chi connectivity index (χ3n) is 2.74. The van der Waals surface area contributed by atoms with Crippen LogP contribution in [0.1, 0.15) is 21.6 Å². The predicted molar refractivity (Wildman–Crippen MR) is 75.8 cm³/mol. The van der Waals surface area contributed by atoms with E-state index in [0.717, 1.165) is 11.1 Å². The zero-order valence-corrected chi connectivity index (χ0v) is 12.1. The predicted octanol–water partition coefficient (Wildman–Crippen LogP) is 3.85. The zero-order chi connectivity index (χ0) is 14.0. The van der Waals surface area contributed by atoms with E-state index in [0.29, 0.717) is 15.9 Å². The summed E-state index contributed by atoms with van der Waals surface area (Å²) in [7, 11) is 0. The normalized spacial score (nSPS) is 10.3. The molecule has 0 fully saturated rings.